The number of imidazole rings is 1. The molecule has 2 atom stereocenters. The highest BCUT2D eigenvalue weighted by molar-refractivity contribution is 5.79. The lowest BCUT2D eigenvalue weighted by atomic mass is 9.65. The average Bonchev–Trinajstić information content (AvgIpc) is 3.18. The number of hydrogen-bond donors (Lipinski definition) is 0. The number of para-hydroxylation sites is 2. The standard InChI is InChI=1S/C21H24N6O2/c1-20(2)8-14-9-21(3,10-20)11-25(14)18-17(27(28)29)19(23-12-22-18)26-13-24-15-6-4-5-7-16(15)26/h4-7,12-14H,8-11H2,1-3H3. The summed E-state index contributed by atoms with van der Waals surface area (Å²) in [6.07, 6.45) is 6.19. The van der Waals surface area contributed by atoms with Crippen LogP contribution in [0.4, 0.5) is 11.5 Å². The van der Waals surface area contributed by atoms with Crippen LogP contribution in [0.15, 0.2) is 36.9 Å². The molecule has 5 rings (SSSR count). The minimum Gasteiger partial charge on any atom is -0.347 e. The van der Waals surface area contributed by atoms with Crippen molar-refractivity contribution in [3.8, 4) is 5.82 Å². The first-order chi connectivity index (χ1) is 13.8. The summed E-state index contributed by atoms with van der Waals surface area (Å²) in [5, 5.41) is 12.2. The Labute approximate surface area is 168 Å². The molecule has 8 heteroatoms. The van der Waals surface area contributed by atoms with Gasteiger partial charge >= 0.3 is 5.69 Å². The number of rotatable bonds is 3. The maximum absolute atomic E-state index is 12.2. The van der Waals surface area contributed by atoms with E-state index in [1.807, 2.05) is 24.3 Å². The summed E-state index contributed by atoms with van der Waals surface area (Å²) < 4.78 is 1.69. The topological polar surface area (TPSA) is 90.0 Å². The van der Waals surface area contributed by atoms with Gasteiger partial charge in [-0.15, -0.1) is 0 Å². The van der Waals surface area contributed by atoms with Crippen LogP contribution in [0.2, 0.25) is 0 Å². The van der Waals surface area contributed by atoms with Crippen molar-refractivity contribution in [1.29, 1.82) is 0 Å². The first-order valence-corrected chi connectivity index (χ1v) is 9.95. The van der Waals surface area contributed by atoms with Crippen molar-refractivity contribution in [2.75, 3.05) is 11.4 Å². The molecule has 0 spiro atoms. The fourth-order valence-electron chi connectivity index (χ4n) is 5.75. The monoisotopic (exact) mass is 392 g/mol. The van der Waals surface area contributed by atoms with E-state index >= 15 is 0 Å². The summed E-state index contributed by atoms with van der Waals surface area (Å²) >= 11 is 0. The van der Waals surface area contributed by atoms with E-state index in [9.17, 15) is 10.1 Å². The van der Waals surface area contributed by atoms with Gasteiger partial charge in [-0.05, 0) is 42.2 Å². The lowest BCUT2D eigenvalue weighted by Gasteiger charge is -2.39. The highest BCUT2D eigenvalue weighted by Gasteiger charge is 2.51. The Morgan fingerprint density at radius 1 is 1.10 bits per heavy atom. The predicted octanol–water partition coefficient (Wildman–Crippen LogP) is 4.13. The Hall–Kier alpha value is -3.03. The number of nitrogens with zero attached hydrogens (tertiary/aromatic N) is 6. The van der Waals surface area contributed by atoms with Crippen molar-refractivity contribution in [2.45, 2.75) is 46.1 Å². The quantitative estimate of drug-likeness (QED) is 0.492. The summed E-state index contributed by atoms with van der Waals surface area (Å²) in [5.41, 5.74) is 1.87. The second-order valence-electron chi connectivity index (χ2n) is 9.57. The summed E-state index contributed by atoms with van der Waals surface area (Å²) in [5.74, 6) is 0.684. The van der Waals surface area contributed by atoms with Crippen LogP contribution in [-0.4, -0.2) is 37.0 Å². The Bertz CT molecular complexity index is 1120. The van der Waals surface area contributed by atoms with E-state index in [1.165, 1.54) is 6.33 Å². The molecule has 2 unspecified atom stereocenters. The summed E-state index contributed by atoms with van der Waals surface area (Å²) in [6, 6.07) is 7.81. The maximum Gasteiger partial charge on any atom is 0.354 e. The molecule has 8 nitrogen and oxygen atoms in total. The average molecular weight is 392 g/mol. The molecular weight excluding hydrogens is 368 g/mol. The second-order valence-corrected chi connectivity index (χ2v) is 9.57. The third-order valence-corrected chi connectivity index (χ3v) is 6.33. The fourth-order valence-corrected chi connectivity index (χ4v) is 5.75. The van der Waals surface area contributed by atoms with Gasteiger partial charge in [0.25, 0.3) is 0 Å². The number of fused-ring (bicyclic) bond motifs is 3. The first kappa shape index (κ1) is 18.0. The maximum atomic E-state index is 12.2. The molecule has 1 aromatic carbocycles. The predicted molar refractivity (Wildman–Crippen MR) is 110 cm³/mol. The van der Waals surface area contributed by atoms with Gasteiger partial charge in [0.05, 0.1) is 16.0 Å². The summed E-state index contributed by atoms with van der Waals surface area (Å²) in [7, 11) is 0. The molecule has 3 aromatic rings. The molecule has 0 radical (unpaired) electrons. The highest BCUT2D eigenvalue weighted by Crippen LogP contribution is 2.54. The van der Waals surface area contributed by atoms with E-state index in [1.54, 1.807) is 10.9 Å². The molecule has 0 N–H and O–H groups in total. The van der Waals surface area contributed by atoms with Crippen LogP contribution in [0.5, 0.6) is 0 Å². The molecule has 1 saturated carbocycles. The molecule has 150 valence electrons. The number of aromatic nitrogens is 4. The van der Waals surface area contributed by atoms with Crippen molar-refractivity contribution in [2.24, 2.45) is 10.8 Å². The molecular formula is C21H24N6O2. The zero-order valence-electron chi connectivity index (χ0n) is 16.9. The molecule has 1 aliphatic heterocycles. The van der Waals surface area contributed by atoms with Crippen LogP contribution in [0.3, 0.4) is 0 Å². The van der Waals surface area contributed by atoms with Crippen molar-refractivity contribution >= 4 is 22.5 Å². The van der Waals surface area contributed by atoms with Gasteiger partial charge < -0.3 is 4.90 Å². The molecule has 1 saturated heterocycles. The third-order valence-electron chi connectivity index (χ3n) is 6.33. The van der Waals surface area contributed by atoms with Gasteiger partial charge in [-0.2, -0.15) is 0 Å². The van der Waals surface area contributed by atoms with Crippen LogP contribution < -0.4 is 4.90 Å². The SMILES string of the molecule is CC1(C)CC2CC(C)(CN2c2ncnc(-n3cnc4ccccc43)c2[N+](=O)[O-])C1. The van der Waals surface area contributed by atoms with E-state index in [0.717, 1.165) is 36.8 Å². The van der Waals surface area contributed by atoms with Crippen LogP contribution in [0.1, 0.15) is 40.0 Å². The van der Waals surface area contributed by atoms with Gasteiger partial charge in [0, 0.05) is 12.6 Å². The van der Waals surface area contributed by atoms with E-state index in [-0.39, 0.29) is 33.3 Å². The zero-order chi connectivity index (χ0) is 20.4. The molecule has 2 aromatic heterocycles. The Morgan fingerprint density at radius 2 is 1.86 bits per heavy atom. The van der Waals surface area contributed by atoms with Gasteiger partial charge in [-0.3, -0.25) is 14.7 Å². The van der Waals surface area contributed by atoms with Crippen molar-refractivity contribution in [3.63, 3.8) is 0 Å². The molecule has 3 heterocycles. The van der Waals surface area contributed by atoms with Crippen molar-refractivity contribution < 1.29 is 4.92 Å². The summed E-state index contributed by atoms with van der Waals surface area (Å²) in [6.45, 7) is 7.65. The highest BCUT2D eigenvalue weighted by atomic mass is 16.6. The normalized spacial score (nSPS) is 25.5. The van der Waals surface area contributed by atoms with Gasteiger partial charge in [0.15, 0.2) is 0 Å². The molecule has 1 aliphatic carbocycles. The van der Waals surface area contributed by atoms with Crippen LogP contribution >= 0.6 is 0 Å². The van der Waals surface area contributed by atoms with E-state index < -0.39 is 0 Å². The first-order valence-electron chi connectivity index (χ1n) is 9.95. The van der Waals surface area contributed by atoms with E-state index in [0.29, 0.717) is 5.82 Å². The molecule has 2 aliphatic rings. The van der Waals surface area contributed by atoms with Gasteiger partial charge in [0.2, 0.25) is 11.6 Å². The number of hydrogen-bond acceptors (Lipinski definition) is 6. The smallest absolute Gasteiger partial charge is 0.347 e. The van der Waals surface area contributed by atoms with Gasteiger partial charge in [-0.1, -0.05) is 32.9 Å². The molecule has 2 fully saturated rings. The van der Waals surface area contributed by atoms with E-state index in [4.69, 9.17) is 0 Å². The lowest BCUT2D eigenvalue weighted by Crippen LogP contribution is -2.35. The van der Waals surface area contributed by atoms with E-state index in [2.05, 4.69) is 40.6 Å². The Morgan fingerprint density at radius 3 is 2.66 bits per heavy atom. The number of anilines is 1. The van der Waals surface area contributed by atoms with Gasteiger partial charge in [-0.25, -0.2) is 15.0 Å². The minimum atomic E-state index is -0.352. The number of benzene rings is 1. The molecule has 0 amide bonds. The molecule has 2 bridgehead atoms. The minimum absolute atomic E-state index is 0.0513. The van der Waals surface area contributed by atoms with Crippen molar-refractivity contribution in [1.82, 2.24) is 19.5 Å². The van der Waals surface area contributed by atoms with Crippen LogP contribution in [0, 0.1) is 20.9 Å². The van der Waals surface area contributed by atoms with Gasteiger partial charge in [0.1, 0.15) is 12.7 Å². The molecule has 29 heavy (non-hydrogen) atoms. The Kier molecular flexibility index (Phi) is 3.72. The lowest BCUT2D eigenvalue weighted by molar-refractivity contribution is -0.384. The number of nitro groups is 1. The largest absolute Gasteiger partial charge is 0.354 e. The fraction of sp³-hybridized carbons (Fsp3) is 0.476. The third kappa shape index (κ3) is 2.85. The summed E-state index contributed by atoms with van der Waals surface area (Å²) in [4.78, 5) is 27.1. The van der Waals surface area contributed by atoms with Crippen molar-refractivity contribution in [3.05, 3.63) is 47.0 Å². The zero-order valence-corrected chi connectivity index (χ0v) is 16.9. The van der Waals surface area contributed by atoms with Crippen LogP contribution in [-0.2, 0) is 0 Å². The second kappa shape index (κ2) is 5.98. The Balaban J connectivity index is 1.66. The van der Waals surface area contributed by atoms with Crippen LogP contribution in [0.25, 0.3) is 16.9 Å².